The van der Waals surface area contributed by atoms with Gasteiger partial charge in [0.2, 0.25) is 0 Å². The van der Waals surface area contributed by atoms with Crippen LogP contribution in [0.2, 0.25) is 0 Å². The Hall–Kier alpha value is 0.270. The topological polar surface area (TPSA) is 15.3 Å². The van der Waals surface area contributed by atoms with E-state index in [9.17, 15) is 0 Å². The molecule has 0 aromatic carbocycles. The summed E-state index contributed by atoms with van der Waals surface area (Å²) in [6.07, 6.45) is 5.70. The molecule has 2 unspecified atom stereocenters. The highest BCUT2D eigenvalue weighted by molar-refractivity contribution is 7.99. The molecular weight excluding hydrogens is 228 g/mol. The van der Waals surface area contributed by atoms with Gasteiger partial charge in [0.15, 0.2) is 0 Å². The molecule has 2 heterocycles. The quantitative estimate of drug-likeness (QED) is 0.831. The van der Waals surface area contributed by atoms with Crippen LogP contribution in [-0.4, -0.2) is 48.1 Å². The predicted molar refractivity (Wildman–Crippen MR) is 75.6 cm³/mol. The Labute approximate surface area is 110 Å². The van der Waals surface area contributed by atoms with E-state index in [0.29, 0.717) is 5.54 Å². The fourth-order valence-electron chi connectivity index (χ4n) is 3.52. The molecule has 2 atom stereocenters. The molecule has 98 valence electrons. The number of thioether (sulfide) groups is 1. The second kappa shape index (κ2) is 5.10. The minimum Gasteiger partial charge on any atom is -0.310 e. The Morgan fingerprint density at radius 1 is 1.35 bits per heavy atom. The zero-order chi connectivity index (χ0) is 11.7. The van der Waals surface area contributed by atoms with Crippen molar-refractivity contribution in [2.75, 3.05) is 37.7 Å². The molecule has 0 bridgehead atoms. The van der Waals surface area contributed by atoms with Crippen LogP contribution in [0.3, 0.4) is 0 Å². The molecule has 1 saturated carbocycles. The van der Waals surface area contributed by atoms with Gasteiger partial charge in [0, 0.05) is 18.6 Å². The number of hydrogen-bond donors (Lipinski definition) is 1. The van der Waals surface area contributed by atoms with Crippen LogP contribution in [0.5, 0.6) is 0 Å². The highest BCUT2D eigenvalue weighted by Crippen LogP contribution is 2.40. The van der Waals surface area contributed by atoms with E-state index in [-0.39, 0.29) is 0 Å². The van der Waals surface area contributed by atoms with Gasteiger partial charge in [0.05, 0.1) is 0 Å². The van der Waals surface area contributed by atoms with Gasteiger partial charge in [0.1, 0.15) is 0 Å². The standard InChI is InChI=1S/C14H26N2S/c1-14(13-3-4-13)11-16(7-2-6-15-14)9-12-5-8-17-10-12/h12-13,15H,2-11H2,1H3. The molecule has 17 heavy (non-hydrogen) atoms. The Bertz CT molecular complexity index is 261. The van der Waals surface area contributed by atoms with Crippen LogP contribution >= 0.6 is 11.8 Å². The zero-order valence-corrected chi connectivity index (χ0v) is 11.9. The normalized spacial score (nSPS) is 40.4. The molecule has 0 amide bonds. The third kappa shape index (κ3) is 2.99. The Balaban J connectivity index is 1.58. The van der Waals surface area contributed by atoms with Crippen molar-refractivity contribution in [2.24, 2.45) is 11.8 Å². The largest absolute Gasteiger partial charge is 0.310 e. The molecule has 0 radical (unpaired) electrons. The smallest absolute Gasteiger partial charge is 0.0308 e. The van der Waals surface area contributed by atoms with Crippen molar-refractivity contribution >= 4 is 11.8 Å². The molecule has 0 aromatic rings. The van der Waals surface area contributed by atoms with Crippen molar-refractivity contribution in [1.29, 1.82) is 0 Å². The molecular formula is C14H26N2S. The number of hydrogen-bond acceptors (Lipinski definition) is 3. The fourth-order valence-corrected chi connectivity index (χ4v) is 4.79. The van der Waals surface area contributed by atoms with Crippen molar-refractivity contribution in [1.82, 2.24) is 10.2 Å². The molecule has 3 rings (SSSR count). The van der Waals surface area contributed by atoms with Gasteiger partial charge in [-0.05, 0) is 69.0 Å². The highest BCUT2D eigenvalue weighted by atomic mass is 32.2. The van der Waals surface area contributed by atoms with E-state index < -0.39 is 0 Å². The lowest BCUT2D eigenvalue weighted by atomic mass is 9.95. The van der Waals surface area contributed by atoms with Crippen LogP contribution in [0.25, 0.3) is 0 Å². The first-order valence-corrected chi connectivity index (χ1v) is 8.47. The molecule has 2 saturated heterocycles. The van der Waals surface area contributed by atoms with Gasteiger partial charge in [-0.25, -0.2) is 0 Å². The average Bonchev–Trinajstić information content (AvgIpc) is 3.07. The van der Waals surface area contributed by atoms with Crippen molar-refractivity contribution in [3.63, 3.8) is 0 Å². The third-order valence-electron chi connectivity index (χ3n) is 4.75. The van der Waals surface area contributed by atoms with E-state index >= 15 is 0 Å². The minimum atomic E-state index is 0.419. The summed E-state index contributed by atoms with van der Waals surface area (Å²) in [7, 11) is 0. The summed E-state index contributed by atoms with van der Waals surface area (Å²) in [6, 6.07) is 0. The lowest BCUT2D eigenvalue weighted by Gasteiger charge is -2.35. The van der Waals surface area contributed by atoms with Crippen molar-refractivity contribution in [3.8, 4) is 0 Å². The van der Waals surface area contributed by atoms with E-state index in [1.54, 1.807) is 0 Å². The molecule has 0 aromatic heterocycles. The Morgan fingerprint density at radius 3 is 2.94 bits per heavy atom. The van der Waals surface area contributed by atoms with E-state index in [1.807, 2.05) is 0 Å². The van der Waals surface area contributed by atoms with Crippen LogP contribution in [0.1, 0.15) is 32.6 Å². The minimum absolute atomic E-state index is 0.419. The highest BCUT2D eigenvalue weighted by Gasteiger charge is 2.43. The summed E-state index contributed by atoms with van der Waals surface area (Å²) in [4.78, 5) is 2.76. The first-order valence-electron chi connectivity index (χ1n) is 7.31. The van der Waals surface area contributed by atoms with Crippen LogP contribution in [0.15, 0.2) is 0 Å². The van der Waals surface area contributed by atoms with E-state index in [1.165, 1.54) is 63.4 Å². The van der Waals surface area contributed by atoms with Gasteiger partial charge < -0.3 is 10.2 Å². The lowest BCUT2D eigenvalue weighted by Crippen LogP contribution is -2.51. The molecule has 3 aliphatic rings. The Kier molecular flexibility index (Phi) is 3.69. The van der Waals surface area contributed by atoms with Crippen molar-refractivity contribution < 1.29 is 0 Å². The summed E-state index contributed by atoms with van der Waals surface area (Å²) in [5, 5.41) is 3.83. The van der Waals surface area contributed by atoms with Crippen molar-refractivity contribution in [2.45, 2.75) is 38.1 Å². The van der Waals surface area contributed by atoms with Crippen LogP contribution in [-0.2, 0) is 0 Å². The SMILES string of the molecule is CC1(C2CC2)CN(CC2CCSC2)CCCN1. The molecule has 2 aliphatic heterocycles. The van der Waals surface area contributed by atoms with Gasteiger partial charge in [-0.15, -0.1) is 0 Å². The zero-order valence-electron chi connectivity index (χ0n) is 11.1. The lowest BCUT2D eigenvalue weighted by molar-refractivity contribution is 0.182. The maximum Gasteiger partial charge on any atom is 0.0308 e. The summed E-state index contributed by atoms with van der Waals surface area (Å²) < 4.78 is 0. The third-order valence-corrected chi connectivity index (χ3v) is 5.98. The molecule has 1 aliphatic carbocycles. The van der Waals surface area contributed by atoms with Gasteiger partial charge in [-0.2, -0.15) is 11.8 Å². The maximum absolute atomic E-state index is 3.83. The van der Waals surface area contributed by atoms with Crippen LogP contribution < -0.4 is 5.32 Å². The average molecular weight is 254 g/mol. The summed E-state index contributed by atoms with van der Waals surface area (Å²) in [5.74, 6) is 4.74. The maximum atomic E-state index is 3.83. The second-order valence-corrected chi connectivity index (χ2v) is 7.59. The first-order chi connectivity index (χ1) is 8.26. The molecule has 0 spiro atoms. The van der Waals surface area contributed by atoms with Gasteiger partial charge in [-0.1, -0.05) is 0 Å². The van der Waals surface area contributed by atoms with Crippen molar-refractivity contribution in [3.05, 3.63) is 0 Å². The molecule has 2 nitrogen and oxygen atoms in total. The van der Waals surface area contributed by atoms with E-state index in [0.717, 1.165) is 11.8 Å². The predicted octanol–water partition coefficient (Wildman–Crippen LogP) is 2.20. The number of nitrogens with zero attached hydrogens (tertiary/aromatic N) is 1. The van der Waals surface area contributed by atoms with Crippen LogP contribution in [0, 0.1) is 11.8 Å². The van der Waals surface area contributed by atoms with Gasteiger partial charge in [-0.3, -0.25) is 0 Å². The summed E-state index contributed by atoms with van der Waals surface area (Å²) in [6.45, 7) is 7.65. The molecule has 3 heteroatoms. The van der Waals surface area contributed by atoms with E-state index in [4.69, 9.17) is 0 Å². The number of nitrogens with one attached hydrogen (secondary N) is 1. The first kappa shape index (κ1) is 12.3. The van der Waals surface area contributed by atoms with Gasteiger partial charge in [0.25, 0.3) is 0 Å². The Morgan fingerprint density at radius 2 is 2.24 bits per heavy atom. The van der Waals surface area contributed by atoms with Gasteiger partial charge >= 0.3 is 0 Å². The summed E-state index contributed by atoms with van der Waals surface area (Å²) in [5.41, 5.74) is 0.419. The molecule has 3 fully saturated rings. The second-order valence-electron chi connectivity index (χ2n) is 6.44. The number of rotatable bonds is 3. The fraction of sp³-hybridized carbons (Fsp3) is 1.00. The van der Waals surface area contributed by atoms with E-state index in [2.05, 4.69) is 28.9 Å². The molecule has 1 N–H and O–H groups in total. The van der Waals surface area contributed by atoms with Crippen LogP contribution in [0.4, 0.5) is 0 Å². The monoisotopic (exact) mass is 254 g/mol. The summed E-state index contributed by atoms with van der Waals surface area (Å²) >= 11 is 2.15.